The number of carbonyl (C=O) groups excluding carboxylic acids is 1. The molecule has 0 radical (unpaired) electrons. The monoisotopic (exact) mass is 681 g/mol. The lowest BCUT2D eigenvalue weighted by atomic mass is 10.0. The van der Waals surface area contributed by atoms with Gasteiger partial charge < -0.3 is 37.2 Å². The molecular weight excluding hydrogens is 646 g/mol. The molecule has 254 valence electrons. The van der Waals surface area contributed by atoms with E-state index in [-0.39, 0.29) is 40.9 Å². The van der Waals surface area contributed by atoms with Gasteiger partial charge in [-0.25, -0.2) is 4.79 Å². The number of fused-ring (bicyclic) bond motifs is 2. The average Bonchev–Trinajstić information content (AvgIpc) is 3.02. The van der Waals surface area contributed by atoms with Gasteiger partial charge >= 0.3 is 11.9 Å². The Hall–Kier alpha value is -5.68. The molecule has 0 saturated carbocycles. The molecule has 0 saturated heterocycles. The third-order valence-corrected chi connectivity index (χ3v) is 8.56. The molecular formula is C31H35N7O9S. The van der Waals surface area contributed by atoms with Crippen LogP contribution in [0.3, 0.4) is 0 Å². The molecule has 2 atom stereocenters. The second-order valence-corrected chi connectivity index (χ2v) is 12.4. The predicted octanol–water partition coefficient (Wildman–Crippen LogP) is 2.42. The van der Waals surface area contributed by atoms with Gasteiger partial charge in [-0.1, -0.05) is 30.3 Å². The number of nitrogens with two attached hydrogens (primary N) is 1. The van der Waals surface area contributed by atoms with Gasteiger partial charge in [0.05, 0.1) is 6.04 Å². The number of nitrogens with zero attached hydrogens (tertiary/aromatic N) is 1. The van der Waals surface area contributed by atoms with E-state index in [9.17, 15) is 32.1 Å². The van der Waals surface area contributed by atoms with Crippen LogP contribution in [0.5, 0.6) is 0 Å². The molecule has 48 heavy (non-hydrogen) atoms. The minimum atomic E-state index is -4.18. The molecule has 5 rings (SSSR count). The Bertz CT molecular complexity index is 2020. The number of carboxylic acid groups (broad SMARTS) is 2. The van der Waals surface area contributed by atoms with Gasteiger partial charge in [0.25, 0.3) is 21.6 Å². The largest absolute Gasteiger partial charge is 0.481 e. The maximum absolute atomic E-state index is 12.3. The molecule has 4 aromatic rings. The van der Waals surface area contributed by atoms with Crippen molar-refractivity contribution in [2.24, 2.45) is 0 Å². The number of aryl methyl sites for hydroxylation is 1. The SMILES string of the molecule is Cc1cc2ccccc2c(S(=O)(=O)O)c1C.Nc1nc2c(c(=O)[nH]1)NC(CNc1ccc(C(=O)N[C@@H](CCC(=O)O)C(=O)O)cc1)CN2. The Morgan fingerprint density at radius 3 is 2.42 bits per heavy atom. The van der Waals surface area contributed by atoms with Crippen LogP contribution in [0.2, 0.25) is 0 Å². The van der Waals surface area contributed by atoms with E-state index in [1.807, 2.05) is 25.1 Å². The molecule has 17 heteroatoms. The first-order chi connectivity index (χ1) is 22.6. The zero-order valence-electron chi connectivity index (χ0n) is 25.9. The maximum Gasteiger partial charge on any atom is 0.326 e. The van der Waals surface area contributed by atoms with E-state index in [0.717, 1.165) is 10.9 Å². The highest BCUT2D eigenvalue weighted by atomic mass is 32.2. The fraction of sp³-hybridized carbons (Fsp3) is 0.258. The van der Waals surface area contributed by atoms with Crippen molar-refractivity contribution < 1.29 is 37.6 Å². The highest BCUT2D eigenvalue weighted by Gasteiger charge is 2.23. The number of amides is 1. The fourth-order valence-electron chi connectivity index (χ4n) is 4.98. The van der Waals surface area contributed by atoms with E-state index in [0.29, 0.717) is 41.2 Å². The van der Waals surface area contributed by atoms with Gasteiger partial charge in [-0.3, -0.25) is 23.9 Å². The van der Waals surface area contributed by atoms with Crippen molar-refractivity contribution >= 4 is 61.9 Å². The summed E-state index contributed by atoms with van der Waals surface area (Å²) >= 11 is 0. The first-order valence-electron chi connectivity index (χ1n) is 14.6. The van der Waals surface area contributed by atoms with E-state index in [4.69, 9.17) is 15.9 Å². The summed E-state index contributed by atoms with van der Waals surface area (Å²) in [5.41, 5.74) is 7.85. The van der Waals surface area contributed by atoms with Crippen LogP contribution < -0.4 is 32.6 Å². The number of hydrogen-bond acceptors (Lipinski definition) is 11. The normalized spacial score (nSPS) is 14.3. The van der Waals surface area contributed by atoms with E-state index >= 15 is 0 Å². The van der Waals surface area contributed by atoms with Gasteiger partial charge in [-0.2, -0.15) is 13.4 Å². The van der Waals surface area contributed by atoms with Crippen LogP contribution in [0.4, 0.5) is 23.1 Å². The van der Waals surface area contributed by atoms with Crippen LogP contribution in [0, 0.1) is 13.8 Å². The Morgan fingerprint density at radius 1 is 1.08 bits per heavy atom. The van der Waals surface area contributed by atoms with E-state index in [1.54, 1.807) is 31.2 Å². The number of carboxylic acids is 2. The Morgan fingerprint density at radius 2 is 1.77 bits per heavy atom. The number of H-pyrrole nitrogens is 1. The van der Waals surface area contributed by atoms with Crippen molar-refractivity contribution in [3.05, 3.63) is 81.6 Å². The molecule has 0 fully saturated rings. The molecule has 1 aliphatic rings. The van der Waals surface area contributed by atoms with Crippen LogP contribution in [-0.4, -0.2) is 76.2 Å². The molecule has 1 unspecified atom stereocenters. The minimum Gasteiger partial charge on any atom is -0.481 e. The van der Waals surface area contributed by atoms with E-state index in [1.165, 1.54) is 12.1 Å². The van der Waals surface area contributed by atoms with Crippen molar-refractivity contribution in [2.75, 3.05) is 34.8 Å². The Balaban J connectivity index is 0.000000271. The number of aliphatic carboxylic acids is 2. The van der Waals surface area contributed by atoms with Crippen LogP contribution in [0.1, 0.15) is 34.3 Å². The first kappa shape index (κ1) is 35.2. The quantitative estimate of drug-likeness (QED) is 0.109. The zero-order valence-corrected chi connectivity index (χ0v) is 26.7. The van der Waals surface area contributed by atoms with Gasteiger partial charge in [0.15, 0.2) is 5.82 Å². The topological polar surface area (TPSA) is 266 Å². The molecule has 0 bridgehead atoms. The van der Waals surface area contributed by atoms with Crippen molar-refractivity contribution in [2.45, 2.75) is 43.7 Å². The molecule has 16 nitrogen and oxygen atoms in total. The fourth-order valence-corrected chi connectivity index (χ4v) is 5.99. The number of hydrogen-bond donors (Lipinski definition) is 9. The lowest BCUT2D eigenvalue weighted by Gasteiger charge is -2.27. The average molecular weight is 682 g/mol. The van der Waals surface area contributed by atoms with E-state index < -0.39 is 34.0 Å². The summed E-state index contributed by atoms with van der Waals surface area (Å²) in [6.45, 7) is 4.49. The number of aromatic nitrogens is 2. The second kappa shape index (κ2) is 14.8. The summed E-state index contributed by atoms with van der Waals surface area (Å²) in [6.07, 6.45) is -0.587. The van der Waals surface area contributed by atoms with Crippen molar-refractivity contribution in [1.29, 1.82) is 0 Å². The van der Waals surface area contributed by atoms with Crippen LogP contribution in [0.15, 0.2) is 64.3 Å². The summed E-state index contributed by atoms with van der Waals surface area (Å²) in [6, 6.07) is 14.0. The highest BCUT2D eigenvalue weighted by molar-refractivity contribution is 7.86. The third kappa shape index (κ3) is 8.77. The summed E-state index contributed by atoms with van der Waals surface area (Å²) in [5.74, 6) is -2.64. The summed E-state index contributed by atoms with van der Waals surface area (Å²) in [4.78, 5) is 52.6. The molecule has 0 aliphatic carbocycles. The first-order valence-corrected chi connectivity index (χ1v) is 16.0. The highest BCUT2D eigenvalue weighted by Crippen LogP contribution is 2.29. The second-order valence-electron chi connectivity index (χ2n) is 11.0. The summed E-state index contributed by atoms with van der Waals surface area (Å²) in [5, 5.41) is 30.9. The summed E-state index contributed by atoms with van der Waals surface area (Å²) in [7, 11) is -4.18. The van der Waals surface area contributed by atoms with Crippen LogP contribution in [-0.2, 0) is 19.7 Å². The molecule has 2 heterocycles. The Labute approximate surface area is 274 Å². The minimum absolute atomic E-state index is 0.0168. The lowest BCUT2D eigenvalue weighted by Crippen LogP contribution is -2.41. The van der Waals surface area contributed by atoms with Crippen molar-refractivity contribution in [1.82, 2.24) is 15.3 Å². The summed E-state index contributed by atoms with van der Waals surface area (Å²) < 4.78 is 32.0. The van der Waals surface area contributed by atoms with Gasteiger partial charge in [-0.05, 0) is 61.0 Å². The van der Waals surface area contributed by atoms with E-state index in [2.05, 4.69) is 31.2 Å². The molecule has 3 aromatic carbocycles. The van der Waals surface area contributed by atoms with Crippen LogP contribution in [0.25, 0.3) is 10.8 Å². The molecule has 1 aliphatic heterocycles. The number of benzene rings is 3. The molecule has 10 N–H and O–H groups in total. The third-order valence-electron chi connectivity index (χ3n) is 7.52. The number of aromatic amines is 1. The van der Waals surface area contributed by atoms with Crippen molar-refractivity contribution in [3.63, 3.8) is 0 Å². The lowest BCUT2D eigenvalue weighted by molar-refractivity contribution is -0.140. The molecule has 0 spiro atoms. The molecule has 1 amide bonds. The van der Waals surface area contributed by atoms with Gasteiger partial charge in [0.2, 0.25) is 5.95 Å². The smallest absolute Gasteiger partial charge is 0.326 e. The number of rotatable bonds is 10. The number of carbonyl (C=O) groups is 3. The van der Waals surface area contributed by atoms with Crippen molar-refractivity contribution in [3.8, 4) is 0 Å². The van der Waals surface area contributed by atoms with Gasteiger partial charge in [0, 0.05) is 36.1 Å². The van der Waals surface area contributed by atoms with Crippen LogP contribution >= 0.6 is 0 Å². The standard InChI is InChI=1S/C19H23N7O6.C12H12O3S/c20-19-25-15-14(17(30)26-19)23-11(8-22-15)7-21-10-3-1-9(2-4-10)16(29)24-12(18(31)32)5-6-13(27)28;1-8-7-10-5-3-4-6-11(10)12(9(8)2)16(13,14)15/h1-4,11-12,21,23H,5-8H2,(H,24,29)(H,27,28)(H,31,32)(H4,20,22,25,26,30);3-7H,1-2H3,(H,13,14,15)/t11?,12-;/m0./s1. The number of anilines is 4. The Kier molecular flexibility index (Phi) is 10.9. The maximum atomic E-state index is 12.3. The zero-order chi connectivity index (χ0) is 35.2. The number of nitrogen functional groups attached to an aromatic ring is 1. The van der Waals surface area contributed by atoms with Gasteiger partial charge in [0.1, 0.15) is 16.6 Å². The number of nitrogens with one attached hydrogen (secondary N) is 5. The molecule has 1 aromatic heterocycles. The predicted molar refractivity (Wildman–Crippen MR) is 179 cm³/mol. The van der Waals surface area contributed by atoms with Gasteiger partial charge in [-0.15, -0.1) is 0 Å².